The van der Waals surface area contributed by atoms with Gasteiger partial charge in [-0.3, -0.25) is 0 Å². The van der Waals surface area contributed by atoms with Crippen LogP contribution >= 0.6 is 11.6 Å². The molecule has 0 nitrogen and oxygen atoms in total. The van der Waals surface area contributed by atoms with Gasteiger partial charge in [-0.25, -0.2) is 13.2 Å². The van der Waals surface area contributed by atoms with Crippen molar-refractivity contribution in [3.63, 3.8) is 0 Å². The molecule has 0 aromatic heterocycles. The lowest BCUT2D eigenvalue weighted by Crippen LogP contribution is -2.03. The molecule has 2 unspecified atom stereocenters. The second-order valence-corrected chi connectivity index (χ2v) is 4.53. The van der Waals surface area contributed by atoms with Crippen molar-refractivity contribution in [3.8, 4) is 0 Å². The van der Waals surface area contributed by atoms with Gasteiger partial charge in [0.15, 0.2) is 11.6 Å². The molecule has 0 saturated carbocycles. The van der Waals surface area contributed by atoms with Crippen LogP contribution in [-0.4, -0.2) is 0 Å². The van der Waals surface area contributed by atoms with Crippen LogP contribution in [0.2, 0.25) is 0 Å². The van der Waals surface area contributed by atoms with E-state index in [1.54, 1.807) is 0 Å². The highest BCUT2D eigenvalue weighted by Crippen LogP contribution is 2.31. The first kappa shape index (κ1) is 13.4. The van der Waals surface area contributed by atoms with Gasteiger partial charge in [0.2, 0.25) is 0 Å². The van der Waals surface area contributed by atoms with Gasteiger partial charge in [-0.2, -0.15) is 0 Å². The summed E-state index contributed by atoms with van der Waals surface area (Å²) in [6, 6.07) is 1.38. The van der Waals surface area contributed by atoms with E-state index in [9.17, 15) is 13.2 Å². The fourth-order valence-corrected chi connectivity index (χ4v) is 1.90. The topological polar surface area (TPSA) is 0 Å². The molecule has 0 bridgehead atoms. The predicted molar refractivity (Wildman–Crippen MR) is 59.0 cm³/mol. The molecule has 90 valence electrons. The minimum atomic E-state index is -1.19. The second kappa shape index (κ2) is 5.58. The molecule has 4 heteroatoms. The molecule has 0 amide bonds. The van der Waals surface area contributed by atoms with E-state index in [4.69, 9.17) is 11.6 Å². The van der Waals surface area contributed by atoms with Gasteiger partial charge in [-0.15, -0.1) is 11.6 Å². The van der Waals surface area contributed by atoms with Gasteiger partial charge in [-0.05, 0) is 18.4 Å². The Morgan fingerprint density at radius 2 is 1.69 bits per heavy atom. The third-order valence-electron chi connectivity index (χ3n) is 2.68. The van der Waals surface area contributed by atoms with Crippen LogP contribution in [0.1, 0.15) is 37.6 Å². The summed E-state index contributed by atoms with van der Waals surface area (Å²) >= 11 is 5.98. The van der Waals surface area contributed by atoms with Crippen LogP contribution in [0.15, 0.2) is 12.1 Å². The first-order valence-corrected chi connectivity index (χ1v) is 5.67. The minimum Gasteiger partial charge on any atom is -0.207 e. The second-order valence-electron chi connectivity index (χ2n) is 4.00. The van der Waals surface area contributed by atoms with Gasteiger partial charge in [0.25, 0.3) is 0 Å². The van der Waals surface area contributed by atoms with Crippen molar-refractivity contribution in [1.82, 2.24) is 0 Å². The Hall–Kier alpha value is -0.700. The molecule has 0 fully saturated rings. The minimum absolute atomic E-state index is 0.0286. The molecule has 0 radical (unpaired) electrons. The van der Waals surface area contributed by atoms with Crippen molar-refractivity contribution in [2.24, 2.45) is 5.92 Å². The largest absolute Gasteiger partial charge is 0.207 e. The number of halogens is 4. The zero-order valence-corrected chi connectivity index (χ0v) is 9.99. The molecule has 0 saturated heterocycles. The Labute approximate surface area is 98.4 Å². The predicted octanol–water partition coefficient (Wildman–Crippen LogP) is 4.82. The molecule has 0 aliphatic carbocycles. The normalized spacial score (nSPS) is 14.9. The van der Waals surface area contributed by atoms with E-state index < -0.39 is 22.8 Å². The van der Waals surface area contributed by atoms with Crippen LogP contribution in [0.3, 0.4) is 0 Å². The average molecular weight is 251 g/mol. The van der Waals surface area contributed by atoms with Crippen molar-refractivity contribution in [2.45, 2.75) is 32.1 Å². The number of alkyl halides is 1. The monoisotopic (exact) mass is 250 g/mol. The summed E-state index contributed by atoms with van der Waals surface area (Å²) in [5, 5.41) is -0.620. The molecule has 0 N–H and O–H groups in total. The molecule has 0 aliphatic rings. The molecule has 1 aromatic carbocycles. The zero-order valence-electron chi connectivity index (χ0n) is 9.24. The maximum Gasteiger partial charge on any atom is 0.161 e. The van der Waals surface area contributed by atoms with Gasteiger partial charge in [0.1, 0.15) is 5.82 Å². The number of rotatable bonds is 4. The first-order chi connectivity index (χ1) is 7.45. The summed E-state index contributed by atoms with van der Waals surface area (Å²) in [4.78, 5) is 0. The fourth-order valence-electron chi connectivity index (χ4n) is 1.42. The summed E-state index contributed by atoms with van der Waals surface area (Å²) in [5.41, 5.74) is 0.0286. The molecule has 0 spiro atoms. The Balaban J connectivity index is 2.91. The van der Waals surface area contributed by atoms with Crippen molar-refractivity contribution in [1.29, 1.82) is 0 Å². The van der Waals surface area contributed by atoms with Crippen molar-refractivity contribution >= 4 is 11.6 Å². The number of benzene rings is 1. The van der Waals surface area contributed by atoms with Crippen molar-refractivity contribution < 1.29 is 13.2 Å². The quantitative estimate of drug-likeness (QED) is 0.531. The summed E-state index contributed by atoms with van der Waals surface area (Å²) in [5.74, 6) is -2.72. The summed E-state index contributed by atoms with van der Waals surface area (Å²) in [6.07, 6.45) is 1.45. The Morgan fingerprint density at radius 3 is 2.25 bits per heavy atom. The van der Waals surface area contributed by atoms with Crippen LogP contribution in [0.4, 0.5) is 13.2 Å². The van der Waals surface area contributed by atoms with Gasteiger partial charge in [0.05, 0.1) is 5.38 Å². The molecule has 2 atom stereocenters. The smallest absolute Gasteiger partial charge is 0.161 e. The third kappa shape index (κ3) is 3.14. The van der Waals surface area contributed by atoms with Crippen LogP contribution in [0.25, 0.3) is 0 Å². The number of hydrogen-bond acceptors (Lipinski definition) is 0. The number of hydrogen-bond donors (Lipinski definition) is 0. The van der Waals surface area contributed by atoms with E-state index in [-0.39, 0.29) is 5.56 Å². The van der Waals surface area contributed by atoms with Crippen LogP contribution < -0.4 is 0 Å². The highest BCUT2D eigenvalue weighted by Gasteiger charge is 2.18. The Bertz CT molecular complexity index is 366. The molecule has 0 heterocycles. The Kier molecular flexibility index (Phi) is 4.66. The molecular formula is C12H14ClF3. The van der Waals surface area contributed by atoms with E-state index in [0.29, 0.717) is 18.4 Å². The van der Waals surface area contributed by atoms with Gasteiger partial charge in [-0.1, -0.05) is 20.3 Å². The van der Waals surface area contributed by atoms with E-state index in [1.165, 1.54) is 0 Å². The standard InChI is InChI=1S/C12H14ClF3/c1-3-7(2)4-9(13)8-5-11(15)12(16)6-10(8)14/h5-7,9H,3-4H2,1-2H3. The van der Waals surface area contributed by atoms with Crippen molar-refractivity contribution in [2.75, 3.05) is 0 Å². The lowest BCUT2D eigenvalue weighted by atomic mass is 9.98. The highest BCUT2D eigenvalue weighted by molar-refractivity contribution is 6.20. The molecule has 1 aromatic rings. The fraction of sp³-hybridized carbons (Fsp3) is 0.500. The lowest BCUT2D eigenvalue weighted by molar-refractivity contribution is 0.473. The zero-order chi connectivity index (χ0) is 12.3. The van der Waals surface area contributed by atoms with E-state index in [2.05, 4.69) is 0 Å². The highest BCUT2D eigenvalue weighted by atomic mass is 35.5. The summed E-state index contributed by atoms with van der Waals surface area (Å²) < 4.78 is 39.0. The van der Waals surface area contributed by atoms with E-state index in [1.807, 2.05) is 13.8 Å². The van der Waals surface area contributed by atoms with E-state index in [0.717, 1.165) is 12.5 Å². The van der Waals surface area contributed by atoms with Crippen molar-refractivity contribution in [3.05, 3.63) is 35.1 Å². The molecule has 16 heavy (non-hydrogen) atoms. The van der Waals surface area contributed by atoms with Gasteiger partial charge < -0.3 is 0 Å². The first-order valence-electron chi connectivity index (χ1n) is 5.24. The molecule has 1 rings (SSSR count). The third-order valence-corrected chi connectivity index (χ3v) is 3.10. The average Bonchev–Trinajstić information content (AvgIpc) is 2.23. The Morgan fingerprint density at radius 1 is 1.12 bits per heavy atom. The summed E-state index contributed by atoms with van der Waals surface area (Å²) in [6.45, 7) is 3.98. The SMILES string of the molecule is CCC(C)CC(Cl)c1cc(F)c(F)cc1F. The van der Waals surface area contributed by atoms with Crippen LogP contribution in [0.5, 0.6) is 0 Å². The molecule has 0 aliphatic heterocycles. The maximum absolute atomic E-state index is 13.3. The maximum atomic E-state index is 13.3. The van der Waals surface area contributed by atoms with Gasteiger partial charge >= 0.3 is 0 Å². The van der Waals surface area contributed by atoms with E-state index >= 15 is 0 Å². The molecular weight excluding hydrogens is 237 g/mol. The van der Waals surface area contributed by atoms with Crippen LogP contribution in [0, 0.1) is 23.4 Å². The lowest BCUT2D eigenvalue weighted by Gasteiger charge is -2.15. The van der Waals surface area contributed by atoms with Crippen LogP contribution in [-0.2, 0) is 0 Å². The summed E-state index contributed by atoms with van der Waals surface area (Å²) in [7, 11) is 0. The van der Waals surface area contributed by atoms with Gasteiger partial charge in [0, 0.05) is 11.6 Å².